The number of methoxy groups -OCH3 is 1. The number of para-hydroxylation sites is 1. The van der Waals surface area contributed by atoms with E-state index in [4.69, 9.17) is 9.47 Å². The maximum absolute atomic E-state index is 12.4. The van der Waals surface area contributed by atoms with Crippen LogP contribution in [-0.2, 0) is 21.2 Å². The summed E-state index contributed by atoms with van der Waals surface area (Å²) in [4.78, 5) is 8.02. The maximum Gasteiger partial charge on any atom is 0.181 e. The monoisotopic (exact) mass is 410 g/mol. The van der Waals surface area contributed by atoms with Crippen LogP contribution in [0, 0.1) is 6.92 Å². The number of ether oxygens (including phenoxy) is 2. The summed E-state index contributed by atoms with van der Waals surface area (Å²) in [6.07, 6.45) is 1.81. The van der Waals surface area contributed by atoms with Crippen molar-refractivity contribution in [2.75, 3.05) is 12.9 Å². The molecular formula is C22H22N2O4S. The van der Waals surface area contributed by atoms with E-state index in [1.807, 2.05) is 31.3 Å². The van der Waals surface area contributed by atoms with Crippen molar-refractivity contribution >= 4 is 31.6 Å². The van der Waals surface area contributed by atoms with Gasteiger partial charge < -0.3 is 14.5 Å². The van der Waals surface area contributed by atoms with Crippen LogP contribution in [0.15, 0.2) is 53.6 Å². The van der Waals surface area contributed by atoms with Crippen LogP contribution in [0.1, 0.15) is 18.2 Å². The van der Waals surface area contributed by atoms with Crippen molar-refractivity contribution in [3.63, 3.8) is 0 Å². The zero-order valence-corrected chi connectivity index (χ0v) is 17.3. The molecule has 0 saturated carbocycles. The van der Waals surface area contributed by atoms with Crippen LogP contribution < -0.4 is 4.74 Å². The average molecular weight is 410 g/mol. The SMILES string of the molecule is CCS(=O)(=O)c1ccccc1Oc1ccc2[nH]c3cnc(C)c(COC)c3c2c1. The summed E-state index contributed by atoms with van der Waals surface area (Å²) in [5.41, 5.74) is 3.80. The van der Waals surface area contributed by atoms with E-state index in [1.165, 1.54) is 0 Å². The minimum Gasteiger partial charge on any atom is -0.456 e. The van der Waals surface area contributed by atoms with Gasteiger partial charge in [0, 0.05) is 34.7 Å². The molecule has 150 valence electrons. The van der Waals surface area contributed by atoms with Gasteiger partial charge in [-0.15, -0.1) is 0 Å². The van der Waals surface area contributed by atoms with Gasteiger partial charge in [-0.3, -0.25) is 4.98 Å². The van der Waals surface area contributed by atoms with E-state index in [-0.39, 0.29) is 10.6 Å². The fourth-order valence-electron chi connectivity index (χ4n) is 3.49. The van der Waals surface area contributed by atoms with E-state index < -0.39 is 9.84 Å². The number of rotatable bonds is 6. The Bertz CT molecular complexity index is 1310. The second-order valence-corrected chi connectivity index (χ2v) is 9.08. The highest BCUT2D eigenvalue weighted by molar-refractivity contribution is 7.91. The molecule has 0 saturated heterocycles. The zero-order valence-electron chi connectivity index (χ0n) is 16.5. The predicted molar refractivity (Wildman–Crippen MR) is 113 cm³/mol. The summed E-state index contributed by atoms with van der Waals surface area (Å²) >= 11 is 0. The van der Waals surface area contributed by atoms with E-state index in [1.54, 1.807) is 38.3 Å². The van der Waals surface area contributed by atoms with Crippen LogP contribution in [-0.4, -0.2) is 31.2 Å². The minimum absolute atomic E-state index is 0.0154. The topological polar surface area (TPSA) is 81.3 Å². The Morgan fingerprint density at radius 3 is 2.66 bits per heavy atom. The fourth-order valence-corrected chi connectivity index (χ4v) is 4.51. The van der Waals surface area contributed by atoms with Crippen LogP contribution in [0.3, 0.4) is 0 Å². The summed E-state index contributed by atoms with van der Waals surface area (Å²) in [7, 11) is -1.73. The summed E-state index contributed by atoms with van der Waals surface area (Å²) in [6.45, 7) is 4.03. The molecule has 4 rings (SSSR count). The Morgan fingerprint density at radius 2 is 1.90 bits per heavy atom. The van der Waals surface area contributed by atoms with Gasteiger partial charge in [-0.2, -0.15) is 0 Å². The van der Waals surface area contributed by atoms with Gasteiger partial charge in [0.15, 0.2) is 9.84 Å². The zero-order chi connectivity index (χ0) is 20.6. The van der Waals surface area contributed by atoms with E-state index in [0.717, 1.165) is 33.1 Å². The molecule has 2 aromatic heterocycles. The summed E-state index contributed by atoms with van der Waals surface area (Å²) < 4.78 is 36.2. The smallest absolute Gasteiger partial charge is 0.181 e. The molecule has 0 amide bonds. The summed E-state index contributed by atoms with van der Waals surface area (Å²) in [5, 5.41) is 2.01. The first kappa shape index (κ1) is 19.4. The minimum atomic E-state index is -3.39. The van der Waals surface area contributed by atoms with E-state index in [9.17, 15) is 8.42 Å². The number of aryl methyl sites for hydroxylation is 1. The number of hydrogen-bond donors (Lipinski definition) is 1. The normalized spacial score (nSPS) is 12.0. The molecule has 0 aliphatic rings. The average Bonchev–Trinajstić information content (AvgIpc) is 3.09. The molecule has 2 aromatic carbocycles. The first-order chi connectivity index (χ1) is 13.9. The molecule has 0 spiro atoms. The van der Waals surface area contributed by atoms with Gasteiger partial charge in [0.25, 0.3) is 0 Å². The van der Waals surface area contributed by atoms with E-state index >= 15 is 0 Å². The molecule has 0 aliphatic heterocycles. The van der Waals surface area contributed by atoms with Crippen molar-refractivity contribution in [3.05, 3.63) is 59.9 Å². The van der Waals surface area contributed by atoms with Gasteiger partial charge >= 0.3 is 0 Å². The largest absolute Gasteiger partial charge is 0.456 e. The molecule has 0 unspecified atom stereocenters. The molecule has 4 aromatic rings. The van der Waals surface area contributed by atoms with Crippen LogP contribution >= 0.6 is 0 Å². The van der Waals surface area contributed by atoms with Crippen LogP contribution in [0.25, 0.3) is 21.8 Å². The van der Waals surface area contributed by atoms with Crippen molar-refractivity contribution in [1.82, 2.24) is 9.97 Å². The molecule has 0 aliphatic carbocycles. The molecule has 2 heterocycles. The van der Waals surface area contributed by atoms with Crippen LogP contribution in [0.5, 0.6) is 11.5 Å². The molecular weight excluding hydrogens is 388 g/mol. The quantitative estimate of drug-likeness (QED) is 0.496. The summed E-state index contributed by atoms with van der Waals surface area (Å²) in [6, 6.07) is 12.4. The molecule has 1 N–H and O–H groups in total. The number of aromatic amines is 1. The van der Waals surface area contributed by atoms with Crippen LogP contribution in [0.2, 0.25) is 0 Å². The number of aromatic nitrogens is 2. The molecule has 0 atom stereocenters. The van der Waals surface area contributed by atoms with Gasteiger partial charge in [0.2, 0.25) is 0 Å². The third-order valence-corrected chi connectivity index (χ3v) is 6.77. The molecule has 0 fully saturated rings. The maximum atomic E-state index is 12.4. The summed E-state index contributed by atoms with van der Waals surface area (Å²) in [5.74, 6) is 0.903. The van der Waals surface area contributed by atoms with Gasteiger partial charge in [-0.1, -0.05) is 19.1 Å². The number of sulfone groups is 1. The number of pyridine rings is 1. The number of nitrogens with zero attached hydrogens (tertiary/aromatic N) is 1. The lowest BCUT2D eigenvalue weighted by Gasteiger charge is -2.11. The molecule has 29 heavy (non-hydrogen) atoms. The van der Waals surface area contributed by atoms with Gasteiger partial charge in [-0.25, -0.2) is 8.42 Å². The Morgan fingerprint density at radius 1 is 1.10 bits per heavy atom. The second kappa shape index (κ2) is 7.50. The Balaban J connectivity index is 1.85. The van der Waals surface area contributed by atoms with Crippen LogP contribution in [0.4, 0.5) is 0 Å². The number of hydrogen-bond acceptors (Lipinski definition) is 5. The highest BCUT2D eigenvalue weighted by Crippen LogP contribution is 2.35. The second-order valence-electron chi connectivity index (χ2n) is 6.83. The van der Waals surface area contributed by atoms with E-state index in [0.29, 0.717) is 18.1 Å². The Hall–Kier alpha value is -2.90. The predicted octanol–water partition coefficient (Wildman–Crippen LogP) is 4.76. The third-order valence-electron chi connectivity index (χ3n) is 5.01. The van der Waals surface area contributed by atoms with E-state index in [2.05, 4.69) is 9.97 Å². The lowest BCUT2D eigenvalue weighted by molar-refractivity contribution is 0.185. The Labute approximate surface area is 169 Å². The Kier molecular flexibility index (Phi) is 5.02. The highest BCUT2D eigenvalue weighted by atomic mass is 32.2. The van der Waals surface area contributed by atoms with Gasteiger partial charge in [0.05, 0.1) is 24.1 Å². The lowest BCUT2D eigenvalue weighted by atomic mass is 10.1. The molecule has 0 bridgehead atoms. The van der Waals surface area contributed by atoms with Crippen molar-refractivity contribution in [2.24, 2.45) is 0 Å². The third kappa shape index (κ3) is 3.47. The first-order valence-electron chi connectivity index (χ1n) is 9.33. The fraction of sp³-hybridized carbons (Fsp3) is 0.227. The van der Waals surface area contributed by atoms with Crippen molar-refractivity contribution < 1.29 is 17.9 Å². The number of nitrogens with one attached hydrogen (secondary N) is 1. The van der Waals surface area contributed by atoms with Crippen molar-refractivity contribution in [1.29, 1.82) is 0 Å². The molecule has 6 nitrogen and oxygen atoms in total. The number of fused-ring (bicyclic) bond motifs is 3. The highest BCUT2D eigenvalue weighted by Gasteiger charge is 2.18. The number of benzene rings is 2. The van der Waals surface area contributed by atoms with Gasteiger partial charge in [-0.05, 0) is 37.3 Å². The first-order valence-corrected chi connectivity index (χ1v) is 11.0. The van der Waals surface area contributed by atoms with Crippen molar-refractivity contribution in [3.8, 4) is 11.5 Å². The lowest BCUT2D eigenvalue weighted by Crippen LogP contribution is -2.05. The van der Waals surface area contributed by atoms with Crippen molar-refractivity contribution in [2.45, 2.75) is 25.3 Å². The molecule has 0 radical (unpaired) electrons. The number of H-pyrrole nitrogens is 1. The molecule has 7 heteroatoms. The standard InChI is InChI=1S/C22H22N2O4S/c1-4-29(25,26)21-8-6-5-7-20(21)28-15-9-10-18-16(11-15)22-17(13-27-3)14(2)23-12-19(22)24-18/h5-12,24H,4,13H2,1-3H3. The van der Waals surface area contributed by atoms with Gasteiger partial charge in [0.1, 0.15) is 16.4 Å².